The molecule has 7 heteroatoms. The first-order valence-corrected chi connectivity index (χ1v) is 7.77. The Balaban J connectivity index is 1.68. The Bertz CT molecular complexity index is 981. The van der Waals surface area contributed by atoms with Crippen LogP contribution in [0.4, 0.5) is 10.1 Å². The molecule has 2 N–H and O–H groups in total. The van der Waals surface area contributed by atoms with E-state index in [1.807, 2.05) is 0 Å². The van der Waals surface area contributed by atoms with E-state index in [4.69, 9.17) is 10.2 Å². The Hall–Kier alpha value is -3.22. The van der Waals surface area contributed by atoms with E-state index in [9.17, 15) is 14.0 Å². The van der Waals surface area contributed by atoms with Gasteiger partial charge in [0, 0.05) is 24.2 Å². The second kappa shape index (κ2) is 5.70. The fraction of sp³-hybridized carbons (Fsp3) is 0.167. The number of rotatable bonds is 3. The zero-order valence-corrected chi connectivity index (χ0v) is 13.1. The summed E-state index contributed by atoms with van der Waals surface area (Å²) in [6, 6.07) is 11.0. The summed E-state index contributed by atoms with van der Waals surface area (Å²) < 4.78 is 18.7. The van der Waals surface area contributed by atoms with Gasteiger partial charge in [-0.2, -0.15) is 0 Å². The lowest BCUT2D eigenvalue weighted by atomic mass is 10.1. The Morgan fingerprint density at radius 1 is 1.24 bits per heavy atom. The number of benzene rings is 2. The largest absolute Gasteiger partial charge is 0.436 e. The highest BCUT2D eigenvalue weighted by Gasteiger charge is 2.34. The number of anilines is 1. The van der Waals surface area contributed by atoms with E-state index >= 15 is 0 Å². The van der Waals surface area contributed by atoms with Crippen molar-refractivity contribution in [2.24, 2.45) is 11.7 Å². The highest BCUT2D eigenvalue weighted by molar-refractivity contribution is 6.01. The molecule has 1 saturated heterocycles. The number of hydrogen-bond donors (Lipinski definition) is 1. The van der Waals surface area contributed by atoms with Crippen LogP contribution in [-0.2, 0) is 9.59 Å². The molecule has 1 atom stereocenters. The van der Waals surface area contributed by atoms with Crippen molar-refractivity contribution in [3.8, 4) is 11.5 Å². The van der Waals surface area contributed by atoms with Gasteiger partial charge in [0.1, 0.15) is 11.3 Å². The first kappa shape index (κ1) is 15.3. The molecule has 2 amide bonds. The summed E-state index contributed by atoms with van der Waals surface area (Å²) in [5, 5.41) is 0. The van der Waals surface area contributed by atoms with Crippen LogP contribution in [0.15, 0.2) is 46.9 Å². The Kier molecular flexibility index (Phi) is 3.49. The first-order valence-electron chi connectivity index (χ1n) is 7.77. The third-order valence-corrected chi connectivity index (χ3v) is 4.30. The maximum atomic E-state index is 13.0. The fourth-order valence-corrected chi connectivity index (χ4v) is 2.95. The number of oxazole rings is 1. The molecule has 0 aliphatic carbocycles. The molecular formula is C18H14FN3O3. The summed E-state index contributed by atoms with van der Waals surface area (Å²) in [7, 11) is 0. The molecule has 1 aliphatic rings. The zero-order chi connectivity index (χ0) is 17.6. The summed E-state index contributed by atoms with van der Waals surface area (Å²) in [4.78, 5) is 29.4. The molecule has 25 heavy (non-hydrogen) atoms. The second-order valence-corrected chi connectivity index (χ2v) is 5.99. The topological polar surface area (TPSA) is 89.4 Å². The van der Waals surface area contributed by atoms with Gasteiger partial charge in [-0.05, 0) is 42.5 Å². The Morgan fingerprint density at radius 2 is 2.00 bits per heavy atom. The molecule has 1 fully saturated rings. The number of primary amides is 1. The van der Waals surface area contributed by atoms with E-state index in [1.165, 1.54) is 17.0 Å². The molecule has 3 aromatic rings. The molecule has 0 unspecified atom stereocenters. The average molecular weight is 339 g/mol. The van der Waals surface area contributed by atoms with Crippen LogP contribution >= 0.6 is 0 Å². The van der Waals surface area contributed by atoms with E-state index < -0.39 is 11.8 Å². The van der Waals surface area contributed by atoms with Gasteiger partial charge in [-0.15, -0.1) is 0 Å². The predicted molar refractivity (Wildman–Crippen MR) is 89.1 cm³/mol. The molecule has 2 aromatic carbocycles. The number of nitrogens with two attached hydrogens (primary N) is 1. The monoisotopic (exact) mass is 339 g/mol. The summed E-state index contributed by atoms with van der Waals surface area (Å²) in [6.07, 6.45) is 0.118. The van der Waals surface area contributed by atoms with Gasteiger partial charge in [0.25, 0.3) is 0 Å². The van der Waals surface area contributed by atoms with Crippen LogP contribution in [0.3, 0.4) is 0 Å². The number of fused-ring (bicyclic) bond motifs is 1. The van der Waals surface area contributed by atoms with Gasteiger partial charge < -0.3 is 15.1 Å². The van der Waals surface area contributed by atoms with Crippen LogP contribution in [0, 0.1) is 11.7 Å². The molecule has 4 rings (SSSR count). The van der Waals surface area contributed by atoms with Crippen molar-refractivity contribution in [3.05, 3.63) is 48.3 Å². The smallest absolute Gasteiger partial charge is 0.227 e. The molecule has 1 aromatic heterocycles. The maximum absolute atomic E-state index is 13.0. The van der Waals surface area contributed by atoms with Crippen LogP contribution in [0.1, 0.15) is 6.42 Å². The predicted octanol–water partition coefficient (Wildman–Crippen LogP) is 2.47. The molecule has 0 radical (unpaired) electrons. The summed E-state index contributed by atoms with van der Waals surface area (Å²) in [5.41, 5.74) is 7.73. The van der Waals surface area contributed by atoms with Crippen molar-refractivity contribution in [2.45, 2.75) is 6.42 Å². The fourth-order valence-electron chi connectivity index (χ4n) is 2.95. The first-order chi connectivity index (χ1) is 12.0. The van der Waals surface area contributed by atoms with E-state index in [0.717, 1.165) is 0 Å². The third kappa shape index (κ3) is 2.73. The van der Waals surface area contributed by atoms with E-state index in [-0.39, 0.29) is 24.7 Å². The molecular weight excluding hydrogens is 325 g/mol. The number of halogens is 1. The van der Waals surface area contributed by atoms with Gasteiger partial charge in [-0.25, -0.2) is 9.37 Å². The number of hydrogen-bond acceptors (Lipinski definition) is 4. The van der Waals surface area contributed by atoms with Crippen LogP contribution in [0.25, 0.3) is 22.6 Å². The van der Waals surface area contributed by atoms with Gasteiger partial charge in [-0.3, -0.25) is 9.59 Å². The van der Waals surface area contributed by atoms with Crippen LogP contribution in [0.5, 0.6) is 0 Å². The number of aromatic nitrogens is 1. The lowest BCUT2D eigenvalue weighted by Crippen LogP contribution is -2.28. The van der Waals surface area contributed by atoms with Crippen LogP contribution in [-0.4, -0.2) is 23.3 Å². The van der Waals surface area contributed by atoms with Gasteiger partial charge >= 0.3 is 0 Å². The molecule has 1 aliphatic heterocycles. The normalized spacial score (nSPS) is 17.4. The number of nitrogens with zero attached hydrogens (tertiary/aromatic N) is 2. The van der Waals surface area contributed by atoms with Crippen molar-refractivity contribution >= 4 is 28.6 Å². The average Bonchev–Trinajstić information content (AvgIpc) is 3.18. The minimum atomic E-state index is -0.477. The molecule has 126 valence electrons. The number of amides is 2. The number of carbonyl (C=O) groups is 2. The van der Waals surface area contributed by atoms with E-state index in [2.05, 4.69) is 4.98 Å². The van der Waals surface area contributed by atoms with Crippen LogP contribution in [0.2, 0.25) is 0 Å². The molecule has 0 spiro atoms. The van der Waals surface area contributed by atoms with E-state index in [1.54, 1.807) is 30.3 Å². The van der Waals surface area contributed by atoms with Gasteiger partial charge in [-0.1, -0.05) is 0 Å². The van der Waals surface area contributed by atoms with Gasteiger partial charge in [0.15, 0.2) is 5.58 Å². The second-order valence-electron chi connectivity index (χ2n) is 5.99. The number of carbonyl (C=O) groups excluding carboxylic acids is 2. The Labute approximate surface area is 142 Å². The molecule has 0 bridgehead atoms. The SMILES string of the molecule is NC(=O)[C@H]1CC(=O)N(c2ccc3oc(-c4ccc(F)cc4)nc3c2)C1. The highest BCUT2D eigenvalue weighted by Crippen LogP contribution is 2.30. The summed E-state index contributed by atoms with van der Waals surface area (Å²) >= 11 is 0. The summed E-state index contributed by atoms with van der Waals surface area (Å²) in [6.45, 7) is 0.266. The zero-order valence-electron chi connectivity index (χ0n) is 13.1. The maximum Gasteiger partial charge on any atom is 0.227 e. The molecule has 0 saturated carbocycles. The van der Waals surface area contributed by atoms with E-state index in [0.29, 0.717) is 28.2 Å². The Morgan fingerprint density at radius 3 is 2.68 bits per heavy atom. The quantitative estimate of drug-likeness (QED) is 0.794. The summed E-state index contributed by atoms with van der Waals surface area (Å²) in [5.74, 6) is -1.06. The van der Waals surface area contributed by atoms with Crippen molar-refractivity contribution in [1.29, 1.82) is 0 Å². The lowest BCUT2D eigenvalue weighted by molar-refractivity contribution is -0.123. The van der Waals surface area contributed by atoms with Crippen molar-refractivity contribution in [2.75, 3.05) is 11.4 Å². The lowest BCUT2D eigenvalue weighted by Gasteiger charge is -2.15. The minimum Gasteiger partial charge on any atom is -0.436 e. The van der Waals surface area contributed by atoms with Gasteiger partial charge in [0.2, 0.25) is 17.7 Å². The van der Waals surface area contributed by atoms with Crippen LogP contribution < -0.4 is 10.6 Å². The standard InChI is InChI=1S/C18H14FN3O3/c19-12-3-1-10(2-4-12)18-21-14-8-13(5-6-15(14)25-18)22-9-11(17(20)24)7-16(22)23/h1-6,8,11H,7,9H2,(H2,20,24)/t11-/m0/s1. The molecule has 2 heterocycles. The van der Waals surface area contributed by atoms with Crippen molar-refractivity contribution in [3.63, 3.8) is 0 Å². The molecule has 6 nitrogen and oxygen atoms in total. The van der Waals surface area contributed by atoms with Crippen molar-refractivity contribution in [1.82, 2.24) is 4.98 Å². The van der Waals surface area contributed by atoms with Crippen molar-refractivity contribution < 1.29 is 18.4 Å². The highest BCUT2D eigenvalue weighted by atomic mass is 19.1. The third-order valence-electron chi connectivity index (χ3n) is 4.30. The van der Waals surface area contributed by atoms with Gasteiger partial charge in [0.05, 0.1) is 5.92 Å². The minimum absolute atomic E-state index is 0.118.